The molecule has 0 unspecified atom stereocenters. The molecule has 308 valence electrons. The maximum Gasteiger partial charge on any atom is 0.0737 e. The van der Waals surface area contributed by atoms with Gasteiger partial charge in [-0.25, -0.2) is 0 Å². The maximum atomic E-state index is 2.47. The van der Waals surface area contributed by atoms with Crippen molar-refractivity contribution in [3.8, 4) is 55.6 Å². The highest BCUT2D eigenvalue weighted by Crippen LogP contribution is 2.66. The van der Waals surface area contributed by atoms with E-state index in [1.807, 2.05) is 0 Å². The monoisotopic (exact) mass is 844 g/mol. The van der Waals surface area contributed by atoms with E-state index >= 15 is 0 Å². The van der Waals surface area contributed by atoms with Gasteiger partial charge in [0.1, 0.15) is 0 Å². The van der Waals surface area contributed by atoms with Crippen molar-refractivity contribution in [1.29, 1.82) is 0 Å². The van der Waals surface area contributed by atoms with Gasteiger partial charge in [0.25, 0.3) is 0 Å². The van der Waals surface area contributed by atoms with Crippen molar-refractivity contribution in [1.82, 2.24) is 0 Å². The summed E-state index contributed by atoms with van der Waals surface area (Å²) in [5.41, 5.74) is 17.9. The Balaban J connectivity index is 0.950. The van der Waals surface area contributed by atoms with Crippen molar-refractivity contribution in [3.05, 3.63) is 265 Å². The number of hydrogen-bond donors (Lipinski definition) is 0. The number of rotatable bonds is 3. The molecule has 0 amide bonds. The van der Waals surface area contributed by atoms with Crippen molar-refractivity contribution in [3.63, 3.8) is 0 Å². The SMILES string of the molecule is c1ccc2c(c1)-c1ccccc1C21c2c(ccc3ccccc23)-c2c1c1ccc(-c3ccc(-c4c5ccccc5c(-c5cccc6ccccc56)c5ccccc45)cc3)cc1c1ccccc21. The van der Waals surface area contributed by atoms with Crippen LogP contribution in [0, 0.1) is 0 Å². The molecule has 0 aromatic heterocycles. The first-order valence-corrected chi connectivity index (χ1v) is 23.5. The summed E-state index contributed by atoms with van der Waals surface area (Å²) in [7, 11) is 0. The van der Waals surface area contributed by atoms with Crippen LogP contribution in [0.25, 0.3) is 120 Å². The van der Waals surface area contributed by atoms with Gasteiger partial charge in [0.05, 0.1) is 5.41 Å². The van der Waals surface area contributed by atoms with Crippen LogP contribution in [0.15, 0.2) is 243 Å². The van der Waals surface area contributed by atoms with E-state index in [-0.39, 0.29) is 0 Å². The van der Waals surface area contributed by atoms with Gasteiger partial charge in [-0.3, -0.25) is 0 Å². The van der Waals surface area contributed by atoms with Crippen LogP contribution < -0.4 is 0 Å². The Labute approximate surface area is 388 Å². The third-order valence-corrected chi connectivity index (χ3v) is 15.4. The predicted octanol–water partition coefficient (Wildman–Crippen LogP) is 18.0. The lowest BCUT2D eigenvalue weighted by Gasteiger charge is -2.32. The second-order valence-electron chi connectivity index (χ2n) is 18.6. The van der Waals surface area contributed by atoms with Gasteiger partial charge in [-0.15, -0.1) is 0 Å². The first-order chi connectivity index (χ1) is 33.3. The van der Waals surface area contributed by atoms with Crippen LogP contribution in [0.3, 0.4) is 0 Å². The summed E-state index contributed by atoms with van der Waals surface area (Å²) in [6.45, 7) is 0. The van der Waals surface area contributed by atoms with Crippen molar-refractivity contribution < 1.29 is 0 Å². The third-order valence-electron chi connectivity index (χ3n) is 15.4. The van der Waals surface area contributed by atoms with Crippen LogP contribution in [0.1, 0.15) is 22.3 Å². The summed E-state index contributed by atoms with van der Waals surface area (Å²) in [5.74, 6) is 0. The lowest BCUT2D eigenvalue weighted by molar-refractivity contribution is 0.809. The molecule has 13 aromatic rings. The van der Waals surface area contributed by atoms with Crippen LogP contribution in [-0.4, -0.2) is 0 Å². The standard InChI is InChI=1S/C67H40/c1-3-19-46-42(16-1)18-15-29-51(46)63-55-27-9-7-25-53(55)62(54-26-8-10-28-56(54)63)44-34-32-41(33-35-44)45-37-38-57-59(40-45)48-21-5-6-24-52(48)64-58-39-36-43-17-2-4-20-47(43)65(58)67(66(57)64)60-30-13-11-22-49(60)50-23-12-14-31-61(50)67/h1-40H. The second-order valence-corrected chi connectivity index (χ2v) is 18.6. The van der Waals surface area contributed by atoms with Crippen LogP contribution in [-0.2, 0) is 5.41 Å². The fourth-order valence-electron chi connectivity index (χ4n) is 12.8. The van der Waals surface area contributed by atoms with E-state index in [2.05, 4.69) is 243 Å². The molecule has 0 heterocycles. The molecule has 0 fully saturated rings. The van der Waals surface area contributed by atoms with Gasteiger partial charge in [-0.05, 0) is 149 Å². The van der Waals surface area contributed by atoms with E-state index in [1.165, 1.54) is 143 Å². The van der Waals surface area contributed by atoms with Gasteiger partial charge < -0.3 is 0 Å². The molecular weight excluding hydrogens is 805 g/mol. The van der Waals surface area contributed by atoms with Gasteiger partial charge in [0, 0.05) is 0 Å². The van der Waals surface area contributed by atoms with Crippen LogP contribution in [0.2, 0.25) is 0 Å². The molecule has 1 spiro atoms. The Bertz CT molecular complexity index is 4150. The van der Waals surface area contributed by atoms with Crippen molar-refractivity contribution in [2.24, 2.45) is 0 Å². The molecule has 0 bridgehead atoms. The van der Waals surface area contributed by atoms with E-state index in [9.17, 15) is 0 Å². The quantitative estimate of drug-likeness (QED) is 0.123. The zero-order chi connectivity index (χ0) is 43.8. The van der Waals surface area contributed by atoms with Crippen LogP contribution in [0.5, 0.6) is 0 Å². The van der Waals surface area contributed by atoms with E-state index in [1.54, 1.807) is 0 Å². The summed E-state index contributed by atoms with van der Waals surface area (Å²) in [6.07, 6.45) is 0. The molecule has 15 rings (SSSR count). The minimum absolute atomic E-state index is 0.487. The second kappa shape index (κ2) is 13.7. The number of hydrogen-bond acceptors (Lipinski definition) is 0. The minimum Gasteiger partial charge on any atom is -0.0619 e. The summed E-state index contributed by atoms with van der Waals surface area (Å²) >= 11 is 0. The van der Waals surface area contributed by atoms with Crippen molar-refractivity contribution in [2.45, 2.75) is 5.41 Å². The molecule has 0 aliphatic heterocycles. The highest BCUT2D eigenvalue weighted by Gasteiger charge is 2.53. The van der Waals surface area contributed by atoms with E-state index in [0.717, 1.165) is 0 Å². The summed E-state index contributed by atoms with van der Waals surface area (Å²) in [4.78, 5) is 0. The maximum absolute atomic E-state index is 2.47. The summed E-state index contributed by atoms with van der Waals surface area (Å²) in [5, 5.41) is 15.4. The molecular formula is C67H40. The van der Waals surface area contributed by atoms with Crippen LogP contribution in [0.4, 0.5) is 0 Å². The summed E-state index contributed by atoms with van der Waals surface area (Å²) in [6, 6.07) is 91.3. The van der Waals surface area contributed by atoms with Gasteiger partial charge in [-0.1, -0.05) is 237 Å². The Morgan fingerprint density at radius 3 is 1.33 bits per heavy atom. The molecule has 0 atom stereocenters. The Hall–Kier alpha value is -8.58. The van der Waals surface area contributed by atoms with Crippen molar-refractivity contribution >= 4 is 64.6 Å². The first kappa shape index (κ1) is 36.7. The summed E-state index contributed by atoms with van der Waals surface area (Å²) < 4.78 is 0. The smallest absolute Gasteiger partial charge is 0.0619 e. The van der Waals surface area contributed by atoms with Crippen LogP contribution >= 0.6 is 0 Å². The van der Waals surface area contributed by atoms with E-state index in [0.29, 0.717) is 0 Å². The zero-order valence-corrected chi connectivity index (χ0v) is 36.6. The molecule has 2 aliphatic carbocycles. The average Bonchev–Trinajstić information content (AvgIpc) is 3.88. The minimum atomic E-state index is -0.487. The number of fused-ring (bicyclic) bond motifs is 20. The molecule has 0 heteroatoms. The molecule has 0 saturated heterocycles. The van der Waals surface area contributed by atoms with E-state index in [4.69, 9.17) is 0 Å². The van der Waals surface area contributed by atoms with Gasteiger partial charge >= 0.3 is 0 Å². The highest BCUT2D eigenvalue weighted by molar-refractivity contribution is 6.24. The lowest BCUT2D eigenvalue weighted by Crippen LogP contribution is -2.26. The fraction of sp³-hybridized carbons (Fsp3) is 0.0149. The van der Waals surface area contributed by atoms with Gasteiger partial charge in [-0.2, -0.15) is 0 Å². The average molecular weight is 845 g/mol. The molecule has 0 nitrogen and oxygen atoms in total. The topological polar surface area (TPSA) is 0 Å². The largest absolute Gasteiger partial charge is 0.0737 e. The molecule has 0 saturated carbocycles. The molecule has 0 radical (unpaired) electrons. The van der Waals surface area contributed by atoms with Gasteiger partial charge in [0.2, 0.25) is 0 Å². The Morgan fingerprint density at radius 1 is 0.209 bits per heavy atom. The normalized spacial score (nSPS) is 13.2. The zero-order valence-electron chi connectivity index (χ0n) is 36.6. The first-order valence-electron chi connectivity index (χ1n) is 23.5. The number of benzene rings is 13. The van der Waals surface area contributed by atoms with Crippen molar-refractivity contribution in [2.75, 3.05) is 0 Å². The Kier molecular flexibility index (Phi) is 7.52. The van der Waals surface area contributed by atoms with E-state index < -0.39 is 5.41 Å². The molecule has 13 aromatic carbocycles. The Morgan fingerprint density at radius 2 is 0.672 bits per heavy atom. The molecule has 0 N–H and O–H groups in total. The van der Waals surface area contributed by atoms with Gasteiger partial charge in [0.15, 0.2) is 0 Å². The highest BCUT2D eigenvalue weighted by atomic mass is 14.5. The molecule has 2 aliphatic rings. The third kappa shape index (κ3) is 4.86. The predicted molar refractivity (Wildman–Crippen MR) is 284 cm³/mol. The lowest BCUT2D eigenvalue weighted by atomic mass is 9.68. The fourth-order valence-corrected chi connectivity index (χ4v) is 12.8. The molecule has 67 heavy (non-hydrogen) atoms.